The van der Waals surface area contributed by atoms with Gasteiger partial charge in [-0.3, -0.25) is 9.78 Å². The molecule has 4 rings (SSSR count). The Kier molecular flexibility index (Phi) is 6.15. The smallest absolute Gasteiger partial charge is 0.271 e. The normalized spacial score (nSPS) is 11.1. The van der Waals surface area contributed by atoms with Crippen molar-refractivity contribution in [3.8, 4) is 16.9 Å². The fourth-order valence-electron chi connectivity index (χ4n) is 3.78. The number of hydrogen-bond donors (Lipinski definition) is 1. The second-order valence-electron chi connectivity index (χ2n) is 7.79. The second kappa shape index (κ2) is 9.03. The van der Waals surface area contributed by atoms with Crippen molar-refractivity contribution in [1.29, 1.82) is 0 Å². The van der Waals surface area contributed by atoms with Crippen LogP contribution in [0.25, 0.3) is 22.2 Å². The van der Waals surface area contributed by atoms with Crippen LogP contribution in [0.4, 0.5) is 5.82 Å². The van der Waals surface area contributed by atoms with Crippen LogP contribution in [0.1, 0.15) is 21.6 Å². The van der Waals surface area contributed by atoms with Crippen molar-refractivity contribution < 1.29 is 9.53 Å². The Balaban J connectivity index is 1.75. The number of carbonyl (C=O) groups excluding carboxylic acids is 1. The average molecular weight is 466 g/mol. The molecule has 0 fully saturated rings. The summed E-state index contributed by atoms with van der Waals surface area (Å²) in [6.07, 6.45) is 5.29. The van der Waals surface area contributed by atoms with E-state index in [1.807, 2.05) is 19.1 Å². The third kappa shape index (κ3) is 4.19. The number of aryl methyl sites for hydroxylation is 2. The van der Waals surface area contributed by atoms with E-state index in [0.717, 1.165) is 22.3 Å². The fraction of sp³-hybridized carbons (Fsp3) is 0.261. The van der Waals surface area contributed by atoms with Crippen LogP contribution >= 0.6 is 11.6 Å². The molecule has 0 spiro atoms. The average Bonchev–Trinajstić information content (AvgIpc) is 3.23. The molecule has 4 aromatic rings. The number of carbonyl (C=O) groups is 1. The minimum Gasteiger partial charge on any atom is -0.496 e. The molecular weight excluding hydrogens is 442 g/mol. The van der Waals surface area contributed by atoms with E-state index in [0.29, 0.717) is 46.3 Å². The van der Waals surface area contributed by atoms with Crippen LogP contribution in [0.2, 0.25) is 5.02 Å². The zero-order valence-corrected chi connectivity index (χ0v) is 19.6. The van der Waals surface area contributed by atoms with Crippen molar-refractivity contribution in [3.63, 3.8) is 0 Å². The highest BCUT2D eigenvalue weighted by molar-refractivity contribution is 6.32. The lowest BCUT2D eigenvalue weighted by Crippen LogP contribution is -2.22. The maximum absolute atomic E-state index is 12.4. The summed E-state index contributed by atoms with van der Waals surface area (Å²) < 4.78 is 7.62. The third-order valence-electron chi connectivity index (χ3n) is 5.49. The van der Waals surface area contributed by atoms with Crippen molar-refractivity contribution in [2.45, 2.75) is 19.9 Å². The van der Waals surface area contributed by atoms with Gasteiger partial charge in [-0.2, -0.15) is 5.10 Å². The summed E-state index contributed by atoms with van der Waals surface area (Å²) in [4.78, 5) is 26.5. The topological polar surface area (TPSA) is 112 Å². The van der Waals surface area contributed by atoms with E-state index in [4.69, 9.17) is 22.1 Å². The Bertz CT molecular complexity index is 1350. The molecule has 9 nitrogen and oxygen atoms in total. The summed E-state index contributed by atoms with van der Waals surface area (Å²) in [5.74, 6) is 0.907. The number of anilines is 1. The molecule has 0 aliphatic carbocycles. The third-order valence-corrected chi connectivity index (χ3v) is 5.88. The van der Waals surface area contributed by atoms with Gasteiger partial charge in [0.25, 0.3) is 5.91 Å². The minimum atomic E-state index is -0.178. The highest BCUT2D eigenvalue weighted by atomic mass is 35.5. The lowest BCUT2D eigenvalue weighted by Gasteiger charge is -2.19. The van der Waals surface area contributed by atoms with Crippen molar-refractivity contribution >= 4 is 34.4 Å². The van der Waals surface area contributed by atoms with Gasteiger partial charge in [0.15, 0.2) is 5.65 Å². The molecule has 0 bridgehead atoms. The summed E-state index contributed by atoms with van der Waals surface area (Å²) in [6, 6.07) is 5.51. The number of ether oxygens (including phenoxy) is 1. The molecule has 3 heterocycles. The van der Waals surface area contributed by atoms with Crippen molar-refractivity contribution in [2.75, 3.05) is 26.9 Å². The van der Waals surface area contributed by atoms with Gasteiger partial charge in [0.1, 0.15) is 23.6 Å². The summed E-state index contributed by atoms with van der Waals surface area (Å²) in [6.45, 7) is 2.47. The Labute approximate surface area is 196 Å². The van der Waals surface area contributed by atoms with Gasteiger partial charge in [-0.05, 0) is 48.2 Å². The molecule has 0 saturated heterocycles. The number of nitrogens with zero attached hydrogens (tertiary/aromatic N) is 6. The zero-order chi connectivity index (χ0) is 23.7. The summed E-state index contributed by atoms with van der Waals surface area (Å²) in [5.41, 5.74) is 10.3. The van der Waals surface area contributed by atoms with Gasteiger partial charge in [-0.25, -0.2) is 14.6 Å². The number of pyridine rings is 1. The monoisotopic (exact) mass is 465 g/mol. The summed E-state index contributed by atoms with van der Waals surface area (Å²) in [5, 5.41) is 5.72. The van der Waals surface area contributed by atoms with E-state index < -0.39 is 0 Å². The molecule has 0 unspecified atom stereocenters. The van der Waals surface area contributed by atoms with Crippen molar-refractivity contribution in [3.05, 3.63) is 58.8 Å². The SMILES string of the molecule is COc1c(CCn2ncc3c(N)ncnc32)cc(Cl)c(C)c1-c1ccnc(C(=O)N(C)C)c1. The van der Waals surface area contributed by atoms with E-state index in [2.05, 4.69) is 20.1 Å². The number of hydrogen-bond acceptors (Lipinski definition) is 7. The van der Waals surface area contributed by atoms with E-state index in [-0.39, 0.29) is 5.91 Å². The fourth-order valence-corrected chi connectivity index (χ4v) is 4.00. The van der Waals surface area contributed by atoms with Crippen LogP contribution in [0.5, 0.6) is 5.75 Å². The van der Waals surface area contributed by atoms with Gasteiger partial charge in [-0.1, -0.05) is 11.6 Å². The number of nitrogen functional groups attached to an aromatic ring is 1. The van der Waals surface area contributed by atoms with Gasteiger partial charge in [0.2, 0.25) is 0 Å². The predicted molar refractivity (Wildman–Crippen MR) is 127 cm³/mol. The van der Waals surface area contributed by atoms with Crippen molar-refractivity contribution in [2.24, 2.45) is 0 Å². The van der Waals surface area contributed by atoms with Gasteiger partial charge in [0, 0.05) is 37.4 Å². The number of methoxy groups -OCH3 is 1. The highest BCUT2D eigenvalue weighted by Crippen LogP contribution is 2.40. The number of fused-ring (bicyclic) bond motifs is 1. The molecular formula is C23H24ClN7O2. The Morgan fingerprint density at radius 1 is 1.24 bits per heavy atom. The first-order valence-electron chi connectivity index (χ1n) is 10.3. The molecule has 33 heavy (non-hydrogen) atoms. The lowest BCUT2D eigenvalue weighted by molar-refractivity contribution is 0.0822. The quantitative estimate of drug-likeness (QED) is 0.464. The van der Waals surface area contributed by atoms with Crippen LogP contribution in [0, 0.1) is 6.92 Å². The Morgan fingerprint density at radius 3 is 2.76 bits per heavy atom. The molecule has 170 valence electrons. The lowest BCUT2D eigenvalue weighted by atomic mass is 9.95. The van der Waals surface area contributed by atoms with Crippen LogP contribution in [-0.2, 0) is 13.0 Å². The molecule has 1 aromatic carbocycles. The van der Waals surface area contributed by atoms with Crippen LogP contribution in [0.15, 0.2) is 36.9 Å². The van der Waals surface area contributed by atoms with Crippen LogP contribution in [-0.4, -0.2) is 56.7 Å². The first kappa shape index (κ1) is 22.5. The molecule has 3 aromatic heterocycles. The molecule has 0 radical (unpaired) electrons. The second-order valence-corrected chi connectivity index (χ2v) is 8.20. The van der Waals surface area contributed by atoms with E-state index in [9.17, 15) is 4.79 Å². The Hall–Kier alpha value is -3.72. The van der Waals surface area contributed by atoms with Crippen LogP contribution in [0.3, 0.4) is 0 Å². The molecule has 1 amide bonds. The summed E-state index contributed by atoms with van der Waals surface area (Å²) >= 11 is 6.62. The largest absolute Gasteiger partial charge is 0.496 e. The van der Waals surface area contributed by atoms with Crippen molar-refractivity contribution in [1.82, 2.24) is 29.6 Å². The number of aromatic nitrogens is 5. The summed E-state index contributed by atoms with van der Waals surface area (Å²) in [7, 11) is 5.01. The number of amides is 1. The number of rotatable bonds is 6. The van der Waals surface area contributed by atoms with Gasteiger partial charge < -0.3 is 15.4 Å². The minimum absolute atomic E-state index is 0.178. The molecule has 2 N–H and O–H groups in total. The zero-order valence-electron chi connectivity index (χ0n) is 18.8. The standard InChI is InChI=1S/C23H24ClN7O2/c1-13-17(24)9-15(6-8-31-22-16(11-29-31)21(25)27-12-28-22)20(33-4)19(13)14-5-7-26-18(10-14)23(32)30(2)3/h5,7,9-12H,6,8H2,1-4H3,(H2,25,27,28). The molecule has 0 aliphatic heterocycles. The maximum atomic E-state index is 12.4. The van der Waals surface area contributed by atoms with Crippen LogP contribution < -0.4 is 10.5 Å². The first-order chi connectivity index (χ1) is 15.8. The van der Waals surface area contributed by atoms with E-state index in [1.165, 1.54) is 11.2 Å². The Morgan fingerprint density at radius 2 is 2.03 bits per heavy atom. The maximum Gasteiger partial charge on any atom is 0.271 e. The van der Waals surface area contributed by atoms with Gasteiger partial charge >= 0.3 is 0 Å². The van der Waals surface area contributed by atoms with E-state index in [1.54, 1.807) is 44.3 Å². The van der Waals surface area contributed by atoms with Gasteiger partial charge in [0.05, 0.1) is 18.7 Å². The molecule has 0 atom stereocenters. The molecule has 0 aliphatic rings. The number of benzene rings is 1. The predicted octanol–water partition coefficient (Wildman–Crippen LogP) is 3.39. The van der Waals surface area contributed by atoms with Gasteiger partial charge in [-0.15, -0.1) is 0 Å². The number of nitrogens with two attached hydrogens (primary N) is 1. The molecule has 0 saturated carbocycles. The number of halogens is 1. The highest BCUT2D eigenvalue weighted by Gasteiger charge is 2.20. The molecule has 10 heteroatoms. The first-order valence-corrected chi connectivity index (χ1v) is 10.7. The van der Waals surface area contributed by atoms with E-state index >= 15 is 0 Å².